The molecule has 1 fully saturated rings. The van der Waals surface area contributed by atoms with Crippen molar-refractivity contribution in [1.82, 2.24) is 4.98 Å². The van der Waals surface area contributed by atoms with E-state index in [9.17, 15) is 9.59 Å². The molecule has 17 heavy (non-hydrogen) atoms. The Morgan fingerprint density at radius 2 is 2.24 bits per heavy atom. The summed E-state index contributed by atoms with van der Waals surface area (Å²) in [5, 5.41) is 0. The first kappa shape index (κ1) is 10.1. The molecule has 0 aliphatic carbocycles. The number of anilines is 1. The zero-order valence-electron chi connectivity index (χ0n) is 8.97. The topological polar surface area (TPSA) is 92.3 Å². The van der Waals surface area contributed by atoms with E-state index in [1.807, 2.05) is 0 Å². The fourth-order valence-corrected chi connectivity index (χ4v) is 2.09. The van der Waals surface area contributed by atoms with Crippen molar-refractivity contribution in [3.8, 4) is 0 Å². The van der Waals surface area contributed by atoms with Crippen LogP contribution in [0.2, 0.25) is 0 Å². The molecule has 1 aliphatic heterocycles. The highest BCUT2D eigenvalue weighted by Gasteiger charge is 2.28. The molecule has 1 aromatic heterocycles. The highest BCUT2D eigenvalue weighted by Crippen LogP contribution is 2.24. The van der Waals surface area contributed by atoms with Crippen molar-refractivity contribution in [2.75, 3.05) is 11.4 Å². The van der Waals surface area contributed by atoms with E-state index in [-0.39, 0.29) is 11.9 Å². The van der Waals surface area contributed by atoms with Crippen molar-refractivity contribution in [3.05, 3.63) is 28.7 Å². The van der Waals surface area contributed by atoms with Crippen LogP contribution >= 0.6 is 0 Å². The lowest BCUT2D eigenvalue weighted by atomic mass is 10.2. The van der Waals surface area contributed by atoms with Crippen molar-refractivity contribution < 1.29 is 9.21 Å². The first-order chi connectivity index (χ1) is 8.13. The highest BCUT2D eigenvalue weighted by molar-refractivity contribution is 5.97. The smallest absolute Gasteiger partial charge is 0.408 e. The molecule has 1 amide bonds. The Kier molecular flexibility index (Phi) is 2.05. The third-order valence-corrected chi connectivity index (χ3v) is 2.87. The monoisotopic (exact) mass is 233 g/mol. The van der Waals surface area contributed by atoms with Crippen LogP contribution in [0.4, 0.5) is 5.69 Å². The molecule has 1 aliphatic rings. The number of nitrogens with one attached hydrogen (secondary N) is 1. The molecule has 88 valence electrons. The summed E-state index contributed by atoms with van der Waals surface area (Å²) in [7, 11) is 0. The Labute approximate surface area is 96.0 Å². The van der Waals surface area contributed by atoms with Gasteiger partial charge in [-0.1, -0.05) is 0 Å². The van der Waals surface area contributed by atoms with Crippen LogP contribution in [0.15, 0.2) is 27.4 Å². The van der Waals surface area contributed by atoms with Gasteiger partial charge < -0.3 is 15.1 Å². The molecule has 1 atom stereocenters. The third kappa shape index (κ3) is 1.62. The average molecular weight is 233 g/mol. The number of hydrogen-bond acceptors (Lipinski definition) is 4. The summed E-state index contributed by atoms with van der Waals surface area (Å²) in [6, 6.07) is 5.01. The van der Waals surface area contributed by atoms with Crippen LogP contribution in [0, 0.1) is 0 Å². The summed E-state index contributed by atoms with van der Waals surface area (Å²) in [5.41, 5.74) is 7.53. The number of carbonyl (C=O) groups excluding carboxylic acids is 1. The van der Waals surface area contributed by atoms with Crippen LogP contribution in [-0.4, -0.2) is 23.5 Å². The molecule has 6 heteroatoms. The molecule has 3 N–H and O–H groups in total. The largest absolute Gasteiger partial charge is 0.417 e. The lowest BCUT2D eigenvalue weighted by Crippen LogP contribution is -2.27. The predicted molar refractivity (Wildman–Crippen MR) is 61.8 cm³/mol. The van der Waals surface area contributed by atoms with Crippen LogP contribution in [0.3, 0.4) is 0 Å². The van der Waals surface area contributed by atoms with Crippen LogP contribution < -0.4 is 16.4 Å². The number of H-pyrrole nitrogens is 1. The standard InChI is InChI=1S/C11H11N3O3/c12-6-3-10(15)14(5-6)7-1-2-9-8(4-7)13-11(16)17-9/h1-2,4,6H,3,5,12H2,(H,13,16). The van der Waals surface area contributed by atoms with Crippen molar-refractivity contribution in [3.63, 3.8) is 0 Å². The van der Waals surface area contributed by atoms with Gasteiger partial charge in [0, 0.05) is 24.7 Å². The Morgan fingerprint density at radius 1 is 1.41 bits per heavy atom. The fraction of sp³-hybridized carbons (Fsp3) is 0.273. The summed E-state index contributed by atoms with van der Waals surface area (Å²) >= 11 is 0. The summed E-state index contributed by atoms with van der Waals surface area (Å²) in [6.07, 6.45) is 0.361. The second-order valence-corrected chi connectivity index (χ2v) is 4.16. The third-order valence-electron chi connectivity index (χ3n) is 2.87. The molecule has 1 unspecified atom stereocenters. The van der Waals surface area contributed by atoms with Gasteiger partial charge >= 0.3 is 5.76 Å². The molecule has 0 bridgehead atoms. The zero-order chi connectivity index (χ0) is 12.0. The van der Waals surface area contributed by atoms with Gasteiger partial charge in [-0.25, -0.2) is 4.79 Å². The number of nitrogens with two attached hydrogens (primary N) is 1. The zero-order valence-corrected chi connectivity index (χ0v) is 8.97. The number of nitrogens with zero attached hydrogens (tertiary/aromatic N) is 1. The SMILES string of the molecule is NC1CC(=O)N(c2ccc3oc(=O)[nH]c3c2)C1. The molecule has 1 aromatic carbocycles. The van der Waals surface area contributed by atoms with Crippen molar-refractivity contribution in [1.29, 1.82) is 0 Å². The van der Waals surface area contributed by atoms with E-state index in [1.165, 1.54) is 0 Å². The van der Waals surface area contributed by atoms with E-state index in [1.54, 1.807) is 23.1 Å². The Balaban J connectivity index is 2.06. The summed E-state index contributed by atoms with van der Waals surface area (Å²) in [6.45, 7) is 0.506. The van der Waals surface area contributed by atoms with E-state index in [2.05, 4.69) is 4.98 Å². The number of aromatic amines is 1. The number of hydrogen-bond donors (Lipinski definition) is 2. The molecular weight excluding hydrogens is 222 g/mol. The van der Waals surface area contributed by atoms with Gasteiger partial charge in [0.2, 0.25) is 5.91 Å². The van der Waals surface area contributed by atoms with Crippen molar-refractivity contribution in [2.45, 2.75) is 12.5 Å². The Bertz CT molecular complexity index is 643. The number of carbonyl (C=O) groups is 1. The van der Waals surface area contributed by atoms with Crippen LogP contribution in [0.1, 0.15) is 6.42 Å². The Morgan fingerprint density at radius 3 is 2.94 bits per heavy atom. The lowest BCUT2D eigenvalue weighted by molar-refractivity contribution is -0.117. The molecule has 1 saturated heterocycles. The first-order valence-electron chi connectivity index (χ1n) is 5.32. The van der Waals surface area contributed by atoms with Gasteiger partial charge in [-0.15, -0.1) is 0 Å². The van der Waals surface area contributed by atoms with E-state index in [4.69, 9.17) is 10.2 Å². The van der Waals surface area contributed by atoms with Gasteiger partial charge in [0.05, 0.1) is 5.52 Å². The number of rotatable bonds is 1. The molecule has 3 rings (SSSR count). The van der Waals surface area contributed by atoms with E-state index in [0.29, 0.717) is 24.1 Å². The average Bonchev–Trinajstić information content (AvgIpc) is 2.78. The van der Waals surface area contributed by atoms with E-state index < -0.39 is 5.76 Å². The van der Waals surface area contributed by atoms with Crippen LogP contribution in [0.5, 0.6) is 0 Å². The molecule has 2 aromatic rings. The maximum atomic E-state index is 11.7. The van der Waals surface area contributed by atoms with Crippen molar-refractivity contribution in [2.24, 2.45) is 5.73 Å². The predicted octanol–water partition coefficient (Wildman–Crippen LogP) is 0.185. The number of aromatic nitrogens is 1. The van der Waals surface area contributed by atoms with Gasteiger partial charge in [0.25, 0.3) is 0 Å². The molecule has 0 spiro atoms. The first-order valence-corrected chi connectivity index (χ1v) is 5.32. The molecule has 6 nitrogen and oxygen atoms in total. The van der Waals surface area contributed by atoms with E-state index in [0.717, 1.165) is 5.69 Å². The number of oxazole rings is 1. The maximum Gasteiger partial charge on any atom is 0.417 e. The molecular formula is C11H11N3O3. The minimum Gasteiger partial charge on any atom is -0.408 e. The minimum absolute atomic E-state index is 0.00249. The second kappa shape index (κ2) is 3.46. The maximum absolute atomic E-state index is 11.7. The van der Waals surface area contributed by atoms with Crippen LogP contribution in [-0.2, 0) is 4.79 Å². The second-order valence-electron chi connectivity index (χ2n) is 4.16. The van der Waals surface area contributed by atoms with Crippen LogP contribution in [0.25, 0.3) is 11.1 Å². The molecule has 0 saturated carbocycles. The van der Waals surface area contributed by atoms with Gasteiger partial charge in [0.15, 0.2) is 5.58 Å². The van der Waals surface area contributed by atoms with Gasteiger partial charge in [-0.2, -0.15) is 0 Å². The number of fused-ring (bicyclic) bond motifs is 1. The summed E-state index contributed by atoms with van der Waals surface area (Å²) < 4.78 is 4.89. The minimum atomic E-state index is -0.499. The summed E-state index contributed by atoms with van der Waals surface area (Å²) in [5.74, 6) is -0.496. The molecule has 2 heterocycles. The van der Waals surface area contributed by atoms with Gasteiger partial charge in [-0.3, -0.25) is 9.78 Å². The summed E-state index contributed by atoms with van der Waals surface area (Å²) in [4.78, 5) is 26.9. The lowest BCUT2D eigenvalue weighted by Gasteiger charge is -2.15. The van der Waals surface area contributed by atoms with E-state index >= 15 is 0 Å². The normalized spacial score (nSPS) is 20.4. The number of amides is 1. The fourth-order valence-electron chi connectivity index (χ4n) is 2.09. The van der Waals surface area contributed by atoms with Crippen molar-refractivity contribution >= 4 is 22.7 Å². The van der Waals surface area contributed by atoms with Gasteiger partial charge in [0.1, 0.15) is 0 Å². The highest BCUT2D eigenvalue weighted by atomic mass is 16.4. The molecule has 0 radical (unpaired) electrons. The van der Waals surface area contributed by atoms with Gasteiger partial charge in [-0.05, 0) is 18.2 Å². The Hall–Kier alpha value is -2.08. The number of benzene rings is 1. The quantitative estimate of drug-likeness (QED) is 0.735.